The number of likely N-dealkylation sites (tertiary alicyclic amines) is 1. The van der Waals surface area contributed by atoms with E-state index in [0.717, 1.165) is 49.2 Å². The van der Waals surface area contributed by atoms with Crippen LogP contribution < -0.4 is 4.90 Å². The van der Waals surface area contributed by atoms with E-state index in [4.69, 9.17) is 11.6 Å². The molecule has 2 aromatic carbocycles. The van der Waals surface area contributed by atoms with E-state index in [2.05, 4.69) is 34.3 Å². The second-order valence-electron chi connectivity index (χ2n) is 7.81. The summed E-state index contributed by atoms with van der Waals surface area (Å²) in [6, 6.07) is 18.1. The van der Waals surface area contributed by atoms with Crippen molar-refractivity contribution < 1.29 is 4.79 Å². The van der Waals surface area contributed by atoms with Gasteiger partial charge in [0.25, 0.3) is 0 Å². The van der Waals surface area contributed by atoms with Crippen LogP contribution in [0.4, 0.5) is 5.69 Å². The Morgan fingerprint density at radius 2 is 2.07 bits per heavy atom. The van der Waals surface area contributed by atoms with Gasteiger partial charge in [-0.25, -0.2) is 0 Å². The van der Waals surface area contributed by atoms with Crippen LogP contribution in [0.2, 0.25) is 5.02 Å². The van der Waals surface area contributed by atoms with Gasteiger partial charge in [0.15, 0.2) is 0 Å². The summed E-state index contributed by atoms with van der Waals surface area (Å²) in [5, 5.41) is 8.12. The Balaban J connectivity index is 1.41. The van der Waals surface area contributed by atoms with Gasteiger partial charge in [0.2, 0.25) is 5.91 Å². The fraction of sp³-hybridized carbons (Fsp3) is 0.333. The Kier molecular flexibility index (Phi) is 6.38. The Morgan fingerprint density at radius 1 is 1.23 bits per heavy atom. The molecule has 1 fully saturated rings. The normalized spacial score (nSPS) is 16.1. The SMILES string of the molecule is CN(CCCC(=O)N1CCCC1c1[nH]ncc1-c1cccc(Cl)c1)c1ccccc1. The summed E-state index contributed by atoms with van der Waals surface area (Å²) in [6.45, 7) is 1.65. The molecule has 3 aromatic rings. The number of H-pyrrole nitrogens is 1. The zero-order valence-electron chi connectivity index (χ0n) is 17.2. The van der Waals surface area contributed by atoms with Gasteiger partial charge in [0.05, 0.1) is 17.9 Å². The van der Waals surface area contributed by atoms with E-state index in [1.54, 1.807) is 0 Å². The molecule has 0 spiro atoms. The molecule has 1 aromatic heterocycles. The molecule has 6 heteroatoms. The highest BCUT2D eigenvalue weighted by atomic mass is 35.5. The lowest BCUT2D eigenvalue weighted by Crippen LogP contribution is -2.31. The first-order chi connectivity index (χ1) is 14.6. The Morgan fingerprint density at radius 3 is 2.87 bits per heavy atom. The van der Waals surface area contributed by atoms with Crippen LogP contribution in [0.15, 0.2) is 60.8 Å². The van der Waals surface area contributed by atoms with E-state index in [1.807, 2.05) is 53.6 Å². The van der Waals surface area contributed by atoms with E-state index in [9.17, 15) is 4.79 Å². The summed E-state index contributed by atoms with van der Waals surface area (Å²) in [6.07, 6.45) is 5.17. The minimum Gasteiger partial charge on any atom is -0.375 e. The van der Waals surface area contributed by atoms with Crippen molar-refractivity contribution in [1.82, 2.24) is 15.1 Å². The Hall–Kier alpha value is -2.79. The van der Waals surface area contributed by atoms with E-state index in [1.165, 1.54) is 5.69 Å². The van der Waals surface area contributed by atoms with Gasteiger partial charge in [-0.1, -0.05) is 41.9 Å². The summed E-state index contributed by atoms with van der Waals surface area (Å²) in [7, 11) is 2.07. The zero-order chi connectivity index (χ0) is 20.9. The average Bonchev–Trinajstić information content (AvgIpc) is 3.43. The number of halogens is 1. The van der Waals surface area contributed by atoms with Crippen molar-refractivity contribution in [3.8, 4) is 11.1 Å². The zero-order valence-corrected chi connectivity index (χ0v) is 18.0. The molecule has 1 N–H and O–H groups in total. The molecule has 1 unspecified atom stereocenters. The van der Waals surface area contributed by atoms with Crippen molar-refractivity contribution in [2.24, 2.45) is 0 Å². The monoisotopic (exact) mass is 422 g/mol. The highest BCUT2D eigenvalue weighted by Gasteiger charge is 2.32. The Bertz CT molecular complexity index is 988. The molecule has 30 heavy (non-hydrogen) atoms. The van der Waals surface area contributed by atoms with E-state index >= 15 is 0 Å². The molecule has 0 aliphatic carbocycles. The van der Waals surface area contributed by atoms with Crippen molar-refractivity contribution in [3.63, 3.8) is 0 Å². The van der Waals surface area contributed by atoms with Gasteiger partial charge in [0.1, 0.15) is 0 Å². The number of carbonyl (C=O) groups is 1. The quantitative estimate of drug-likeness (QED) is 0.561. The van der Waals surface area contributed by atoms with Crippen molar-refractivity contribution in [3.05, 3.63) is 71.5 Å². The number of nitrogens with one attached hydrogen (secondary N) is 1. The van der Waals surface area contributed by atoms with Gasteiger partial charge in [-0.2, -0.15) is 5.10 Å². The van der Waals surface area contributed by atoms with Crippen LogP contribution in [0.3, 0.4) is 0 Å². The fourth-order valence-corrected chi connectivity index (χ4v) is 4.41. The third kappa shape index (κ3) is 4.51. The van der Waals surface area contributed by atoms with Gasteiger partial charge in [-0.05, 0) is 49.1 Å². The minimum atomic E-state index is 0.0424. The third-order valence-electron chi connectivity index (χ3n) is 5.79. The number of hydrogen-bond donors (Lipinski definition) is 1. The number of rotatable bonds is 7. The maximum Gasteiger partial charge on any atom is 0.223 e. The largest absolute Gasteiger partial charge is 0.375 e. The van der Waals surface area contributed by atoms with Crippen molar-refractivity contribution in [2.45, 2.75) is 31.7 Å². The minimum absolute atomic E-state index is 0.0424. The van der Waals surface area contributed by atoms with Crippen molar-refractivity contribution in [1.29, 1.82) is 0 Å². The number of amides is 1. The number of anilines is 1. The standard InChI is InChI=1S/C24H27ClN4O/c1-28(20-10-3-2-4-11-20)14-7-13-23(30)29-15-6-12-22(29)24-21(17-26-27-24)18-8-5-9-19(25)16-18/h2-5,8-11,16-17,22H,6-7,12-15H2,1H3,(H,26,27). The van der Waals surface area contributed by atoms with Crippen LogP contribution >= 0.6 is 11.6 Å². The first-order valence-electron chi connectivity index (χ1n) is 10.5. The highest BCUT2D eigenvalue weighted by molar-refractivity contribution is 6.30. The second kappa shape index (κ2) is 9.35. The van der Waals surface area contributed by atoms with Gasteiger partial charge in [0, 0.05) is 42.8 Å². The molecule has 0 saturated carbocycles. The number of carbonyl (C=O) groups excluding carboxylic acids is 1. The van der Waals surface area contributed by atoms with Crippen LogP contribution in [-0.4, -0.2) is 41.1 Å². The van der Waals surface area contributed by atoms with Crippen LogP contribution in [0.25, 0.3) is 11.1 Å². The van der Waals surface area contributed by atoms with Gasteiger partial charge < -0.3 is 9.80 Å². The summed E-state index contributed by atoms with van der Waals surface area (Å²) in [5.74, 6) is 0.214. The lowest BCUT2D eigenvalue weighted by Gasteiger charge is -2.26. The van der Waals surface area contributed by atoms with Crippen molar-refractivity contribution in [2.75, 3.05) is 25.0 Å². The molecule has 2 heterocycles. The summed E-state index contributed by atoms with van der Waals surface area (Å²) >= 11 is 6.18. The molecule has 156 valence electrons. The molecule has 1 amide bonds. The number of aromatic amines is 1. The van der Waals surface area contributed by atoms with Crippen molar-refractivity contribution >= 4 is 23.2 Å². The number of aromatic nitrogens is 2. The van der Waals surface area contributed by atoms with E-state index in [0.29, 0.717) is 11.4 Å². The van der Waals surface area contributed by atoms with Crippen LogP contribution in [0, 0.1) is 0 Å². The lowest BCUT2D eigenvalue weighted by molar-refractivity contribution is -0.132. The predicted molar refractivity (Wildman–Crippen MR) is 122 cm³/mol. The maximum absolute atomic E-state index is 13.0. The van der Waals surface area contributed by atoms with Gasteiger partial charge in [-0.15, -0.1) is 0 Å². The molecule has 1 saturated heterocycles. The maximum atomic E-state index is 13.0. The van der Waals surface area contributed by atoms with E-state index in [-0.39, 0.29) is 11.9 Å². The molecular weight excluding hydrogens is 396 g/mol. The highest BCUT2D eigenvalue weighted by Crippen LogP contribution is 2.37. The average molecular weight is 423 g/mol. The van der Waals surface area contributed by atoms with Gasteiger partial charge >= 0.3 is 0 Å². The topological polar surface area (TPSA) is 52.2 Å². The predicted octanol–water partition coefficient (Wildman–Crippen LogP) is 5.31. The molecule has 4 rings (SSSR count). The molecule has 1 atom stereocenters. The molecule has 0 radical (unpaired) electrons. The molecular formula is C24H27ClN4O. The van der Waals surface area contributed by atoms with Gasteiger partial charge in [-0.3, -0.25) is 9.89 Å². The number of hydrogen-bond acceptors (Lipinski definition) is 3. The number of nitrogens with zero attached hydrogens (tertiary/aromatic N) is 3. The molecule has 5 nitrogen and oxygen atoms in total. The first kappa shape index (κ1) is 20.5. The Labute approximate surface area is 182 Å². The summed E-state index contributed by atoms with van der Waals surface area (Å²) in [4.78, 5) is 17.2. The molecule has 1 aliphatic heterocycles. The number of para-hydroxylation sites is 1. The number of benzene rings is 2. The smallest absolute Gasteiger partial charge is 0.223 e. The molecule has 1 aliphatic rings. The summed E-state index contributed by atoms with van der Waals surface area (Å²) in [5.41, 5.74) is 4.22. The fourth-order valence-electron chi connectivity index (χ4n) is 4.22. The van der Waals surface area contributed by atoms with E-state index < -0.39 is 0 Å². The third-order valence-corrected chi connectivity index (χ3v) is 6.03. The second-order valence-corrected chi connectivity index (χ2v) is 8.25. The van der Waals surface area contributed by atoms with Crippen LogP contribution in [0.1, 0.15) is 37.4 Å². The summed E-state index contributed by atoms with van der Waals surface area (Å²) < 4.78 is 0. The lowest BCUT2D eigenvalue weighted by atomic mass is 10.0. The first-order valence-corrected chi connectivity index (χ1v) is 10.9. The molecule has 0 bridgehead atoms. The van der Waals surface area contributed by atoms with Crippen LogP contribution in [0.5, 0.6) is 0 Å². The van der Waals surface area contributed by atoms with Crippen LogP contribution in [-0.2, 0) is 4.79 Å².